The van der Waals surface area contributed by atoms with Crippen LogP contribution in [0.25, 0.3) is 0 Å². The molecule has 2 aliphatic heterocycles. The highest BCUT2D eigenvalue weighted by Gasteiger charge is 2.39. The molecule has 0 bridgehead atoms. The van der Waals surface area contributed by atoms with Gasteiger partial charge in [-0.2, -0.15) is 0 Å². The average molecular weight is 482 g/mol. The SMILES string of the molecule is COCC(=O)Nc1ccc2c(c1)C(=O)N(C)[C@H]1CC[C@H](CC(=O)NCc3ccccc3)O[C@H]1CO2. The number of fused-ring (bicyclic) bond motifs is 2. The van der Waals surface area contributed by atoms with Crippen LogP contribution in [0.1, 0.15) is 35.2 Å². The maximum Gasteiger partial charge on any atom is 0.257 e. The fourth-order valence-corrected chi connectivity index (χ4v) is 4.51. The highest BCUT2D eigenvalue weighted by Crippen LogP contribution is 2.32. The molecule has 0 aliphatic carbocycles. The molecule has 35 heavy (non-hydrogen) atoms. The molecule has 2 aromatic carbocycles. The largest absolute Gasteiger partial charge is 0.490 e. The fourth-order valence-electron chi connectivity index (χ4n) is 4.51. The van der Waals surface area contributed by atoms with Gasteiger partial charge in [-0.1, -0.05) is 30.3 Å². The summed E-state index contributed by atoms with van der Waals surface area (Å²) in [5.74, 6) is -0.155. The lowest BCUT2D eigenvalue weighted by molar-refractivity contribution is -0.134. The summed E-state index contributed by atoms with van der Waals surface area (Å²) in [6.45, 7) is 0.657. The van der Waals surface area contributed by atoms with Gasteiger partial charge in [-0.3, -0.25) is 14.4 Å². The average Bonchev–Trinajstić information content (AvgIpc) is 2.86. The van der Waals surface area contributed by atoms with Gasteiger partial charge in [0, 0.05) is 26.4 Å². The van der Waals surface area contributed by atoms with Gasteiger partial charge in [0.2, 0.25) is 11.8 Å². The first-order chi connectivity index (χ1) is 16.9. The first-order valence-electron chi connectivity index (χ1n) is 11.7. The summed E-state index contributed by atoms with van der Waals surface area (Å²) in [6.07, 6.45) is 1.04. The Morgan fingerprint density at radius 3 is 2.69 bits per heavy atom. The van der Waals surface area contributed by atoms with E-state index in [2.05, 4.69) is 10.6 Å². The summed E-state index contributed by atoms with van der Waals surface area (Å²) in [5.41, 5.74) is 1.91. The van der Waals surface area contributed by atoms with E-state index >= 15 is 0 Å². The van der Waals surface area contributed by atoms with Gasteiger partial charge in [0.15, 0.2) is 0 Å². The van der Waals surface area contributed by atoms with Crippen LogP contribution in [-0.2, 0) is 25.6 Å². The number of nitrogens with zero attached hydrogens (tertiary/aromatic N) is 1. The third-order valence-electron chi connectivity index (χ3n) is 6.32. The molecule has 3 amide bonds. The van der Waals surface area contributed by atoms with E-state index in [0.717, 1.165) is 5.56 Å². The van der Waals surface area contributed by atoms with Crippen LogP contribution >= 0.6 is 0 Å². The zero-order valence-corrected chi connectivity index (χ0v) is 20.0. The first kappa shape index (κ1) is 24.7. The van der Waals surface area contributed by atoms with Crippen molar-refractivity contribution in [2.45, 2.75) is 44.1 Å². The molecule has 0 saturated carbocycles. The number of nitrogens with one attached hydrogen (secondary N) is 2. The Morgan fingerprint density at radius 2 is 1.91 bits per heavy atom. The van der Waals surface area contributed by atoms with Crippen molar-refractivity contribution in [3.05, 3.63) is 59.7 Å². The summed E-state index contributed by atoms with van der Waals surface area (Å²) >= 11 is 0. The molecule has 0 spiro atoms. The molecule has 2 aliphatic rings. The lowest BCUT2D eigenvalue weighted by Gasteiger charge is -2.42. The number of likely N-dealkylation sites (N-methyl/N-ethyl adjacent to an activating group) is 1. The Labute approximate surface area is 204 Å². The Balaban J connectivity index is 1.38. The number of hydrogen-bond donors (Lipinski definition) is 2. The van der Waals surface area contributed by atoms with Crippen LogP contribution in [0, 0.1) is 0 Å². The maximum atomic E-state index is 13.3. The summed E-state index contributed by atoms with van der Waals surface area (Å²) in [6, 6.07) is 14.5. The van der Waals surface area contributed by atoms with Gasteiger partial charge in [-0.15, -0.1) is 0 Å². The Morgan fingerprint density at radius 1 is 1.11 bits per heavy atom. The molecule has 4 rings (SSSR count). The van der Waals surface area contributed by atoms with Crippen LogP contribution in [0.4, 0.5) is 5.69 Å². The molecule has 9 heteroatoms. The van der Waals surface area contributed by atoms with Crippen molar-refractivity contribution < 1.29 is 28.6 Å². The molecule has 0 unspecified atom stereocenters. The monoisotopic (exact) mass is 481 g/mol. The molecule has 0 aromatic heterocycles. The molecule has 0 radical (unpaired) electrons. The van der Waals surface area contributed by atoms with E-state index in [-0.39, 0.29) is 55.6 Å². The molecule has 1 saturated heterocycles. The van der Waals surface area contributed by atoms with Gasteiger partial charge < -0.3 is 29.7 Å². The van der Waals surface area contributed by atoms with Crippen molar-refractivity contribution in [1.29, 1.82) is 0 Å². The standard InChI is InChI=1S/C26H31N3O6/c1-29-21-10-9-19(13-24(30)27-14-17-6-4-3-5-7-17)35-23(21)15-34-22-11-8-18(12-20(22)26(29)32)28-25(31)16-33-2/h3-8,11-12,19,21,23H,9-10,13-16H2,1-2H3,(H,27,30)(H,28,31)/t19-,21+,23+/m1/s1. The molecule has 2 heterocycles. The summed E-state index contributed by atoms with van der Waals surface area (Å²) < 4.78 is 17.0. The fraction of sp³-hybridized carbons (Fsp3) is 0.423. The quantitative estimate of drug-likeness (QED) is 0.629. The number of methoxy groups -OCH3 is 1. The van der Waals surface area contributed by atoms with Crippen LogP contribution in [0.2, 0.25) is 0 Å². The van der Waals surface area contributed by atoms with E-state index in [1.807, 2.05) is 30.3 Å². The number of carbonyl (C=O) groups excluding carboxylic acids is 3. The topological polar surface area (TPSA) is 106 Å². The van der Waals surface area contributed by atoms with E-state index in [9.17, 15) is 14.4 Å². The minimum atomic E-state index is -0.348. The van der Waals surface area contributed by atoms with Crippen LogP contribution in [0.3, 0.4) is 0 Å². The van der Waals surface area contributed by atoms with Gasteiger partial charge in [-0.05, 0) is 36.6 Å². The second kappa shape index (κ2) is 11.3. The van der Waals surface area contributed by atoms with Crippen LogP contribution < -0.4 is 15.4 Å². The van der Waals surface area contributed by atoms with Crippen LogP contribution in [0.5, 0.6) is 5.75 Å². The molecular formula is C26H31N3O6. The second-order valence-electron chi connectivity index (χ2n) is 8.83. The predicted octanol–water partition coefficient (Wildman–Crippen LogP) is 2.36. The molecule has 2 aromatic rings. The molecule has 9 nitrogen and oxygen atoms in total. The van der Waals surface area contributed by atoms with Crippen molar-refractivity contribution in [3.8, 4) is 5.75 Å². The molecule has 2 N–H and O–H groups in total. The first-order valence-corrected chi connectivity index (χ1v) is 11.7. The number of ether oxygens (including phenoxy) is 3. The minimum Gasteiger partial charge on any atom is -0.490 e. The smallest absolute Gasteiger partial charge is 0.257 e. The van der Waals surface area contributed by atoms with Gasteiger partial charge >= 0.3 is 0 Å². The van der Waals surface area contributed by atoms with Crippen LogP contribution in [-0.4, -0.2) is 68.2 Å². The normalized spacial score (nSPS) is 21.6. The zero-order chi connectivity index (χ0) is 24.8. The maximum absolute atomic E-state index is 13.3. The Hall–Kier alpha value is -3.43. The lowest BCUT2D eigenvalue weighted by Crippen LogP contribution is -2.53. The van der Waals surface area contributed by atoms with E-state index in [1.165, 1.54) is 7.11 Å². The number of anilines is 1. The summed E-state index contributed by atoms with van der Waals surface area (Å²) in [4.78, 5) is 39.3. The lowest BCUT2D eigenvalue weighted by atomic mass is 9.94. The van der Waals surface area contributed by atoms with E-state index in [4.69, 9.17) is 14.2 Å². The number of benzene rings is 2. The third kappa shape index (κ3) is 6.17. The van der Waals surface area contributed by atoms with Gasteiger partial charge in [-0.25, -0.2) is 0 Å². The van der Waals surface area contributed by atoms with Crippen molar-refractivity contribution in [1.82, 2.24) is 10.2 Å². The third-order valence-corrected chi connectivity index (χ3v) is 6.32. The highest BCUT2D eigenvalue weighted by atomic mass is 16.5. The van der Waals surface area contributed by atoms with Crippen molar-refractivity contribution in [3.63, 3.8) is 0 Å². The molecule has 3 atom stereocenters. The zero-order valence-electron chi connectivity index (χ0n) is 20.0. The van der Waals surface area contributed by atoms with E-state index in [0.29, 0.717) is 36.4 Å². The number of hydrogen-bond acceptors (Lipinski definition) is 6. The van der Waals surface area contributed by atoms with Crippen LogP contribution in [0.15, 0.2) is 48.5 Å². The highest BCUT2D eigenvalue weighted by molar-refractivity contribution is 6.00. The Kier molecular flexibility index (Phi) is 7.99. The van der Waals surface area contributed by atoms with Gasteiger partial charge in [0.1, 0.15) is 25.1 Å². The summed E-state index contributed by atoms with van der Waals surface area (Å²) in [5, 5.41) is 5.66. The Bertz CT molecular complexity index is 1060. The van der Waals surface area contributed by atoms with E-state index in [1.54, 1.807) is 30.1 Å². The molecule has 186 valence electrons. The summed E-state index contributed by atoms with van der Waals surface area (Å²) in [7, 11) is 3.19. The predicted molar refractivity (Wildman–Crippen MR) is 129 cm³/mol. The van der Waals surface area contributed by atoms with Gasteiger partial charge in [0.05, 0.1) is 24.1 Å². The molecular weight excluding hydrogens is 450 g/mol. The van der Waals surface area contributed by atoms with Crippen molar-refractivity contribution in [2.24, 2.45) is 0 Å². The van der Waals surface area contributed by atoms with E-state index < -0.39 is 0 Å². The van der Waals surface area contributed by atoms with Crippen molar-refractivity contribution in [2.75, 3.05) is 32.7 Å². The second-order valence-corrected chi connectivity index (χ2v) is 8.83. The number of amides is 3. The van der Waals surface area contributed by atoms with Gasteiger partial charge in [0.25, 0.3) is 5.91 Å². The minimum absolute atomic E-state index is 0.0677. The number of carbonyl (C=O) groups is 3. The number of rotatable bonds is 7. The van der Waals surface area contributed by atoms with Crippen molar-refractivity contribution >= 4 is 23.4 Å². The molecule has 1 fully saturated rings.